The highest BCUT2D eigenvalue weighted by molar-refractivity contribution is 6.05. The van der Waals surface area contributed by atoms with Crippen molar-refractivity contribution in [2.75, 3.05) is 0 Å². The van der Waals surface area contributed by atoms with Gasteiger partial charge in [-0.25, -0.2) is 4.79 Å². The molecule has 0 atom stereocenters. The number of hydrogen-bond acceptors (Lipinski definition) is 1. The van der Waals surface area contributed by atoms with E-state index in [4.69, 9.17) is 5.11 Å². The van der Waals surface area contributed by atoms with E-state index < -0.39 is 5.97 Å². The average Bonchev–Trinajstić information content (AvgIpc) is 1.73. The van der Waals surface area contributed by atoms with Crippen molar-refractivity contribution in [1.82, 2.24) is 0 Å². The summed E-state index contributed by atoms with van der Waals surface area (Å²) in [6, 6.07) is 0. The van der Waals surface area contributed by atoms with Crippen molar-refractivity contribution in [3.05, 3.63) is 12.7 Å². The maximum Gasteiger partial charge on any atom is 0.327 e. The van der Waals surface area contributed by atoms with E-state index in [-0.39, 0.29) is 0 Å². The molecule has 7 heavy (non-hydrogen) atoms. The van der Waals surface area contributed by atoms with E-state index in [9.17, 15) is 4.79 Å². The van der Waals surface area contributed by atoms with Crippen LogP contribution < -0.4 is 0 Å². The van der Waals surface area contributed by atoms with Gasteiger partial charge < -0.3 is 5.11 Å². The number of aliphatic carboxylic acids is 1. The predicted octanol–water partition coefficient (Wildman–Crippen LogP) is -0.343. The van der Waals surface area contributed by atoms with E-state index in [0.29, 0.717) is 0 Å². The largest absolute Gasteiger partial charge is 0.478 e. The highest BCUT2D eigenvalue weighted by atomic mass is 28.1. The number of carboxylic acids is 1. The van der Waals surface area contributed by atoms with Crippen molar-refractivity contribution < 1.29 is 9.90 Å². The summed E-state index contributed by atoms with van der Waals surface area (Å²) in [5, 5.41) is 7.60. The van der Waals surface area contributed by atoms with Gasteiger partial charge in [-0.3, -0.25) is 0 Å². The molecule has 0 heterocycles. The molecule has 0 aliphatic rings. The van der Waals surface area contributed by atoms with Gasteiger partial charge in [0.15, 0.2) is 0 Å². The first-order valence-electron chi connectivity index (χ1n) is 2.12. The van der Waals surface area contributed by atoms with Crippen molar-refractivity contribution in [3.8, 4) is 0 Å². The fraction of sp³-hybridized carbons (Fsp3) is 0.250. The van der Waals surface area contributed by atoms with Crippen molar-refractivity contribution in [3.63, 3.8) is 0 Å². The molecule has 0 saturated carbocycles. The zero-order chi connectivity index (χ0) is 6.28. The minimum absolute atomic E-state index is 0.833. The molecular weight excluding hydrogens is 108 g/mol. The number of hydrogen-bond donors (Lipinski definition) is 1. The summed E-state index contributed by atoms with van der Waals surface area (Å²) in [4.78, 5) is 9.25. The minimum Gasteiger partial charge on any atom is -0.478 e. The molecule has 0 aromatic rings. The fourth-order valence-electron chi connectivity index (χ4n) is 0. The van der Waals surface area contributed by atoms with Crippen molar-refractivity contribution in [1.29, 1.82) is 0 Å². The lowest BCUT2D eigenvalue weighted by atomic mass is 10.7. The Balaban J connectivity index is 0. The Hall–Kier alpha value is -0.573. The standard InChI is InChI=1S/C3H4O2.CH6Si/c1-2-3(4)5;1-2/h2H,1H2,(H,4,5);1-2H3. The van der Waals surface area contributed by atoms with Crippen LogP contribution in [0.3, 0.4) is 0 Å². The smallest absolute Gasteiger partial charge is 0.327 e. The van der Waals surface area contributed by atoms with Gasteiger partial charge in [-0.15, -0.1) is 0 Å². The first kappa shape index (κ1) is 9.66. The molecule has 0 aliphatic carbocycles. The number of carboxylic acid groups (broad SMARTS) is 1. The Morgan fingerprint density at radius 2 is 2.00 bits per heavy atom. The van der Waals surface area contributed by atoms with E-state index in [0.717, 1.165) is 6.08 Å². The fourth-order valence-corrected chi connectivity index (χ4v) is 0. The van der Waals surface area contributed by atoms with E-state index in [1.54, 1.807) is 0 Å². The summed E-state index contributed by atoms with van der Waals surface area (Å²) in [6.45, 7) is 5.10. The molecule has 0 unspecified atom stereocenters. The highest BCUT2D eigenvalue weighted by Gasteiger charge is 1.73. The summed E-state index contributed by atoms with van der Waals surface area (Å²) < 4.78 is 0. The van der Waals surface area contributed by atoms with Gasteiger partial charge in [0.25, 0.3) is 0 Å². The summed E-state index contributed by atoms with van der Waals surface area (Å²) >= 11 is 0. The van der Waals surface area contributed by atoms with Gasteiger partial charge in [-0.05, 0) is 10.2 Å². The maximum atomic E-state index is 9.25. The van der Waals surface area contributed by atoms with Crippen LogP contribution in [-0.4, -0.2) is 21.3 Å². The Morgan fingerprint density at radius 1 is 1.86 bits per heavy atom. The number of carbonyl (C=O) groups is 1. The molecule has 1 N–H and O–H groups in total. The quantitative estimate of drug-likeness (QED) is 0.378. The Kier molecular flexibility index (Phi) is 12.5. The second-order valence-electron chi connectivity index (χ2n) is 0.542. The first-order valence-corrected chi connectivity index (χ1v) is 4.12. The first-order chi connectivity index (χ1) is 3.27. The Morgan fingerprint density at radius 3 is 2.00 bits per heavy atom. The van der Waals surface area contributed by atoms with Crippen LogP contribution >= 0.6 is 0 Å². The van der Waals surface area contributed by atoms with Crippen LogP contribution in [0.1, 0.15) is 0 Å². The van der Waals surface area contributed by atoms with Crippen LogP contribution in [0.4, 0.5) is 0 Å². The molecule has 0 aromatic heterocycles. The van der Waals surface area contributed by atoms with Crippen LogP contribution in [0.5, 0.6) is 0 Å². The van der Waals surface area contributed by atoms with Crippen LogP contribution in [0, 0.1) is 0 Å². The second kappa shape index (κ2) is 9.06. The van der Waals surface area contributed by atoms with Gasteiger partial charge in [-0.1, -0.05) is 13.1 Å². The molecule has 0 aromatic carbocycles. The topological polar surface area (TPSA) is 37.3 Å². The van der Waals surface area contributed by atoms with Gasteiger partial charge in [0.05, 0.1) is 0 Å². The van der Waals surface area contributed by atoms with Gasteiger partial charge in [-0.2, -0.15) is 0 Å². The molecule has 0 saturated heterocycles. The van der Waals surface area contributed by atoms with Crippen LogP contribution in [0.15, 0.2) is 12.7 Å². The lowest BCUT2D eigenvalue weighted by Crippen LogP contribution is -1.82. The lowest BCUT2D eigenvalue weighted by molar-refractivity contribution is -0.131. The van der Waals surface area contributed by atoms with Gasteiger partial charge in [0.1, 0.15) is 0 Å². The van der Waals surface area contributed by atoms with E-state index in [2.05, 4.69) is 13.1 Å². The SMILES string of the molecule is C=CC(=O)O.C[SiH3]. The molecule has 42 valence electrons. The summed E-state index contributed by atoms with van der Waals surface area (Å²) in [7, 11) is 1.31. The average molecular weight is 118 g/mol. The van der Waals surface area contributed by atoms with Crippen molar-refractivity contribution in [2.24, 2.45) is 0 Å². The Labute approximate surface area is 46.3 Å². The van der Waals surface area contributed by atoms with Crippen molar-refractivity contribution in [2.45, 2.75) is 6.55 Å². The second-order valence-corrected chi connectivity index (χ2v) is 0.542. The van der Waals surface area contributed by atoms with E-state index in [1.165, 1.54) is 10.2 Å². The monoisotopic (exact) mass is 118 g/mol. The van der Waals surface area contributed by atoms with E-state index in [1.807, 2.05) is 0 Å². The minimum atomic E-state index is -0.981. The maximum absolute atomic E-state index is 9.25. The third-order valence-corrected chi connectivity index (χ3v) is 0.175. The molecule has 2 nitrogen and oxygen atoms in total. The molecule has 0 rings (SSSR count). The van der Waals surface area contributed by atoms with Crippen LogP contribution in [0.25, 0.3) is 0 Å². The van der Waals surface area contributed by atoms with Crippen molar-refractivity contribution >= 4 is 16.2 Å². The zero-order valence-electron chi connectivity index (χ0n) is 4.64. The van der Waals surface area contributed by atoms with Gasteiger partial charge in [0.2, 0.25) is 0 Å². The molecule has 0 bridgehead atoms. The molecule has 3 heteroatoms. The molecular formula is C4H10O2Si. The molecule has 0 amide bonds. The van der Waals surface area contributed by atoms with Crippen LogP contribution in [-0.2, 0) is 4.79 Å². The summed E-state index contributed by atoms with van der Waals surface area (Å²) in [6.07, 6.45) is 0.833. The normalized spacial score (nSPS) is 5.86. The molecule has 0 fully saturated rings. The summed E-state index contributed by atoms with van der Waals surface area (Å²) in [5.41, 5.74) is 0. The lowest BCUT2D eigenvalue weighted by Gasteiger charge is -1.64. The van der Waals surface area contributed by atoms with Crippen LogP contribution in [0.2, 0.25) is 6.55 Å². The zero-order valence-corrected chi connectivity index (χ0v) is 6.64. The number of rotatable bonds is 1. The molecule has 0 aliphatic heterocycles. The summed E-state index contributed by atoms with van der Waals surface area (Å²) in [5.74, 6) is -0.981. The third-order valence-electron chi connectivity index (χ3n) is 0.175. The predicted molar refractivity (Wildman–Crippen MR) is 33.6 cm³/mol. The Bertz CT molecular complexity index is 60.7. The molecule has 0 radical (unpaired) electrons. The molecule has 0 spiro atoms. The van der Waals surface area contributed by atoms with Gasteiger partial charge >= 0.3 is 5.97 Å². The van der Waals surface area contributed by atoms with Gasteiger partial charge in [0, 0.05) is 6.08 Å². The third kappa shape index (κ3) is 31.3. The van der Waals surface area contributed by atoms with E-state index >= 15 is 0 Å². The highest BCUT2D eigenvalue weighted by Crippen LogP contribution is 1.54.